The molecule has 0 aromatic heterocycles. The molecule has 0 saturated heterocycles. The lowest BCUT2D eigenvalue weighted by atomic mass is 9.93. The second-order valence-corrected chi connectivity index (χ2v) is 5.29. The van der Waals surface area contributed by atoms with E-state index in [0.29, 0.717) is 6.54 Å². The highest BCUT2D eigenvalue weighted by molar-refractivity contribution is 5.85. The van der Waals surface area contributed by atoms with Crippen molar-refractivity contribution < 1.29 is 0 Å². The van der Waals surface area contributed by atoms with Crippen LogP contribution in [-0.2, 0) is 6.54 Å². The summed E-state index contributed by atoms with van der Waals surface area (Å²) in [7, 11) is 2.11. The molecule has 0 heterocycles. The Morgan fingerprint density at radius 1 is 1.22 bits per heavy atom. The van der Waals surface area contributed by atoms with Crippen LogP contribution in [0.3, 0.4) is 0 Å². The van der Waals surface area contributed by atoms with Gasteiger partial charge >= 0.3 is 0 Å². The smallest absolute Gasteiger partial charge is 0.0317 e. The molecule has 0 aliphatic heterocycles. The zero-order valence-corrected chi connectivity index (χ0v) is 13.0. The molecule has 1 rings (SSSR count). The monoisotopic (exact) mass is 293 g/mol. The Labute approximate surface area is 123 Å². The molecular formula is C13H25Cl2N3. The average molecular weight is 294 g/mol. The molecule has 0 aliphatic rings. The molecule has 3 nitrogen and oxygen atoms in total. The molecule has 1 aromatic rings. The van der Waals surface area contributed by atoms with Crippen molar-refractivity contribution in [2.24, 2.45) is 11.1 Å². The largest absolute Gasteiger partial charge is 0.399 e. The van der Waals surface area contributed by atoms with Gasteiger partial charge in [-0.05, 0) is 36.7 Å². The van der Waals surface area contributed by atoms with Crippen LogP contribution in [-0.4, -0.2) is 25.0 Å². The zero-order valence-electron chi connectivity index (χ0n) is 11.3. The normalized spacial score (nSPS) is 10.7. The van der Waals surface area contributed by atoms with Crippen molar-refractivity contribution in [3.8, 4) is 0 Å². The molecule has 5 heteroatoms. The van der Waals surface area contributed by atoms with E-state index < -0.39 is 0 Å². The van der Waals surface area contributed by atoms with E-state index in [1.54, 1.807) is 0 Å². The molecule has 0 unspecified atom stereocenters. The molecular weight excluding hydrogens is 269 g/mol. The number of hydrogen-bond acceptors (Lipinski definition) is 3. The minimum absolute atomic E-state index is 0. The molecule has 0 spiro atoms. The molecule has 0 saturated carbocycles. The van der Waals surface area contributed by atoms with E-state index in [2.05, 4.69) is 31.9 Å². The Balaban J connectivity index is 0. The van der Waals surface area contributed by atoms with Crippen molar-refractivity contribution in [2.45, 2.75) is 20.4 Å². The van der Waals surface area contributed by atoms with E-state index in [1.165, 1.54) is 5.56 Å². The molecule has 0 radical (unpaired) electrons. The average Bonchev–Trinajstić information content (AvgIpc) is 2.16. The fourth-order valence-corrected chi connectivity index (χ4v) is 1.85. The summed E-state index contributed by atoms with van der Waals surface area (Å²) in [5, 5.41) is 0. The Kier molecular flexibility index (Phi) is 9.48. The fourth-order valence-electron chi connectivity index (χ4n) is 1.85. The third-order valence-corrected chi connectivity index (χ3v) is 2.65. The van der Waals surface area contributed by atoms with Gasteiger partial charge in [0.15, 0.2) is 0 Å². The van der Waals surface area contributed by atoms with Crippen molar-refractivity contribution in [3.05, 3.63) is 29.8 Å². The molecule has 4 N–H and O–H groups in total. The number of benzene rings is 1. The van der Waals surface area contributed by atoms with Gasteiger partial charge in [-0.15, -0.1) is 24.8 Å². The van der Waals surface area contributed by atoms with Crippen LogP contribution in [0.5, 0.6) is 0 Å². The Hall–Kier alpha value is -0.480. The molecule has 1 aromatic carbocycles. The number of hydrogen-bond donors (Lipinski definition) is 2. The van der Waals surface area contributed by atoms with Gasteiger partial charge in [0.2, 0.25) is 0 Å². The van der Waals surface area contributed by atoms with Crippen LogP contribution in [0.4, 0.5) is 5.69 Å². The highest BCUT2D eigenvalue weighted by Gasteiger charge is 2.17. The van der Waals surface area contributed by atoms with E-state index in [0.717, 1.165) is 18.8 Å². The van der Waals surface area contributed by atoms with Crippen molar-refractivity contribution in [1.29, 1.82) is 0 Å². The zero-order chi connectivity index (χ0) is 12.2. The van der Waals surface area contributed by atoms with Crippen LogP contribution in [0.25, 0.3) is 0 Å². The van der Waals surface area contributed by atoms with Crippen molar-refractivity contribution in [1.82, 2.24) is 4.90 Å². The van der Waals surface area contributed by atoms with E-state index in [9.17, 15) is 0 Å². The molecule has 0 amide bonds. The van der Waals surface area contributed by atoms with Gasteiger partial charge in [0.25, 0.3) is 0 Å². The standard InChI is InChI=1S/C13H23N3.2ClH/c1-13(2,9-14)10-16(3)8-11-5-4-6-12(15)7-11;;/h4-7H,8-10,14-15H2,1-3H3;2*1H. The maximum Gasteiger partial charge on any atom is 0.0317 e. The van der Waals surface area contributed by atoms with Gasteiger partial charge in [-0.1, -0.05) is 26.0 Å². The predicted octanol–water partition coefficient (Wildman–Crippen LogP) is 2.53. The van der Waals surface area contributed by atoms with Crippen LogP contribution in [0.1, 0.15) is 19.4 Å². The fraction of sp³-hybridized carbons (Fsp3) is 0.538. The second kappa shape index (κ2) is 8.59. The topological polar surface area (TPSA) is 55.3 Å². The third-order valence-electron chi connectivity index (χ3n) is 2.65. The molecule has 106 valence electrons. The summed E-state index contributed by atoms with van der Waals surface area (Å²) in [6.45, 7) is 6.97. The number of nitrogens with two attached hydrogens (primary N) is 2. The van der Waals surface area contributed by atoms with Gasteiger partial charge in [-0.2, -0.15) is 0 Å². The van der Waals surface area contributed by atoms with Crippen molar-refractivity contribution in [2.75, 3.05) is 25.9 Å². The summed E-state index contributed by atoms with van der Waals surface area (Å²) in [5.74, 6) is 0. The van der Waals surface area contributed by atoms with E-state index >= 15 is 0 Å². The third kappa shape index (κ3) is 7.07. The van der Waals surface area contributed by atoms with E-state index in [-0.39, 0.29) is 30.2 Å². The van der Waals surface area contributed by atoms with Crippen LogP contribution in [0.2, 0.25) is 0 Å². The van der Waals surface area contributed by atoms with Crippen LogP contribution >= 0.6 is 24.8 Å². The molecule has 0 fully saturated rings. The lowest BCUT2D eigenvalue weighted by molar-refractivity contribution is 0.210. The lowest BCUT2D eigenvalue weighted by Crippen LogP contribution is -2.36. The Morgan fingerprint density at radius 2 is 1.83 bits per heavy atom. The summed E-state index contributed by atoms with van der Waals surface area (Å²) in [6.07, 6.45) is 0. The minimum Gasteiger partial charge on any atom is -0.399 e. The number of anilines is 1. The second-order valence-electron chi connectivity index (χ2n) is 5.29. The Bertz CT molecular complexity index is 343. The van der Waals surface area contributed by atoms with Gasteiger partial charge < -0.3 is 16.4 Å². The first-order valence-electron chi connectivity index (χ1n) is 5.66. The van der Waals surface area contributed by atoms with Gasteiger partial charge in [0.05, 0.1) is 0 Å². The van der Waals surface area contributed by atoms with Crippen molar-refractivity contribution in [3.63, 3.8) is 0 Å². The molecule has 0 aliphatic carbocycles. The van der Waals surface area contributed by atoms with Crippen LogP contribution in [0, 0.1) is 5.41 Å². The van der Waals surface area contributed by atoms with Gasteiger partial charge in [-0.25, -0.2) is 0 Å². The quantitative estimate of drug-likeness (QED) is 0.821. The number of nitrogens with zero attached hydrogens (tertiary/aromatic N) is 1. The van der Waals surface area contributed by atoms with E-state index in [4.69, 9.17) is 11.5 Å². The van der Waals surface area contributed by atoms with Crippen LogP contribution in [0.15, 0.2) is 24.3 Å². The summed E-state index contributed by atoms with van der Waals surface area (Å²) in [4.78, 5) is 2.28. The predicted molar refractivity (Wildman–Crippen MR) is 84.5 cm³/mol. The van der Waals surface area contributed by atoms with E-state index in [1.807, 2.05) is 18.2 Å². The SMILES string of the molecule is CN(Cc1cccc(N)c1)CC(C)(C)CN.Cl.Cl. The molecule has 0 atom stereocenters. The maximum atomic E-state index is 5.75. The summed E-state index contributed by atoms with van der Waals surface area (Å²) in [5.41, 5.74) is 13.7. The highest BCUT2D eigenvalue weighted by Crippen LogP contribution is 2.16. The number of nitrogen functional groups attached to an aromatic ring is 1. The first kappa shape index (κ1) is 19.9. The Morgan fingerprint density at radius 3 is 2.33 bits per heavy atom. The lowest BCUT2D eigenvalue weighted by Gasteiger charge is -2.29. The molecule has 18 heavy (non-hydrogen) atoms. The summed E-state index contributed by atoms with van der Waals surface area (Å²) < 4.78 is 0. The molecule has 0 bridgehead atoms. The maximum absolute atomic E-state index is 5.75. The number of rotatable bonds is 5. The highest BCUT2D eigenvalue weighted by atomic mass is 35.5. The van der Waals surface area contributed by atoms with Crippen molar-refractivity contribution >= 4 is 30.5 Å². The first-order chi connectivity index (χ1) is 7.43. The number of halogens is 2. The van der Waals surface area contributed by atoms with Gasteiger partial charge in [-0.3, -0.25) is 0 Å². The van der Waals surface area contributed by atoms with Gasteiger partial charge in [0, 0.05) is 18.8 Å². The minimum atomic E-state index is 0. The first-order valence-corrected chi connectivity index (χ1v) is 5.66. The van der Waals surface area contributed by atoms with Crippen LogP contribution < -0.4 is 11.5 Å². The summed E-state index contributed by atoms with van der Waals surface area (Å²) >= 11 is 0. The van der Waals surface area contributed by atoms with Gasteiger partial charge in [0.1, 0.15) is 0 Å². The summed E-state index contributed by atoms with van der Waals surface area (Å²) in [6, 6.07) is 8.02.